The molecule has 0 saturated heterocycles. The van der Waals surface area contributed by atoms with Gasteiger partial charge in [-0.1, -0.05) is 29.0 Å². The van der Waals surface area contributed by atoms with E-state index in [1.165, 1.54) is 12.3 Å². The quantitative estimate of drug-likeness (QED) is 0.481. The number of hydrazone groups is 1. The summed E-state index contributed by atoms with van der Waals surface area (Å²) in [7, 11) is 0. The zero-order valence-electron chi connectivity index (χ0n) is 11.2. The fourth-order valence-electron chi connectivity index (χ4n) is 1.50. The molecule has 1 amide bonds. The van der Waals surface area contributed by atoms with Crippen molar-refractivity contribution in [2.45, 2.75) is 0 Å². The highest BCUT2D eigenvalue weighted by Crippen LogP contribution is 2.22. The molecule has 0 aliphatic rings. The Morgan fingerprint density at radius 3 is 2.91 bits per heavy atom. The molecule has 0 aliphatic carbocycles. The van der Waals surface area contributed by atoms with Crippen LogP contribution in [-0.2, 0) is 4.79 Å². The Labute approximate surface area is 134 Å². The predicted molar refractivity (Wildman–Crippen MR) is 86.7 cm³/mol. The molecule has 7 nitrogen and oxygen atoms in total. The maximum Gasteiger partial charge on any atom is 0.324 e. The van der Waals surface area contributed by atoms with Crippen LogP contribution in [0.25, 0.3) is 0 Å². The van der Waals surface area contributed by atoms with E-state index in [1.807, 2.05) is 0 Å². The monoisotopic (exact) mass is 338 g/mol. The number of halogens is 1. The first-order valence-electron chi connectivity index (χ1n) is 6.10. The van der Waals surface area contributed by atoms with Gasteiger partial charge < -0.3 is 5.32 Å². The molecule has 0 saturated carbocycles. The first-order valence-corrected chi connectivity index (χ1v) is 7.29. The minimum absolute atomic E-state index is 0.0235. The fraction of sp³-hybridized carbons (Fsp3) is 0.0769. The molecule has 22 heavy (non-hydrogen) atoms. The molecule has 0 radical (unpaired) electrons. The van der Waals surface area contributed by atoms with Crippen LogP contribution in [0.3, 0.4) is 0 Å². The highest BCUT2D eigenvalue weighted by atomic mass is 35.5. The zero-order valence-corrected chi connectivity index (χ0v) is 12.7. The molecule has 2 rings (SSSR count). The highest BCUT2D eigenvalue weighted by molar-refractivity contribution is 7.16. The van der Waals surface area contributed by atoms with E-state index in [2.05, 4.69) is 15.8 Å². The Morgan fingerprint density at radius 1 is 1.41 bits per heavy atom. The number of nitro groups is 1. The Kier molecular flexibility index (Phi) is 5.45. The van der Waals surface area contributed by atoms with E-state index in [9.17, 15) is 14.9 Å². The summed E-state index contributed by atoms with van der Waals surface area (Å²) in [5.74, 6) is -0.345. The summed E-state index contributed by atoms with van der Waals surface area (Å²) in [6.07, 6.45) is 1.36. The predicted octanol–water partition coefficient (Wildman–Crippen LogP) is 2.87. The third-order valence-corrected chi connectivity index (χ3v) is 3.66. The van der Waals surface area contributed by atoms with E-state index in [0.717, 1.165) is 17.0 Å². The molecule has 1 aromatic carbocycles. The Hall–Kier alpha value is -2.45. The third-order valence-electron chi connectivity index (χ3n) is 2.45. The van der Waals surface area contributed by atoms with Gasteiger partial charge in [-0.25, -0.2) is 5.43 Å². The second-order valence-corrected chi connectivity index (χ2v) is 5.62. The smallest absolute Gasteiger partial charge is 0.324 e. The number of anilines is 1. The summed E-state index contributed by atoms with van der Waals surface area (Å²) < 4.78 is 0. The van der Waals surface area contributed by atoms with Crippen LogP contribution >= 0.6 is 22.9 Å². The highest BCUT2D eigenvalue weighted by Gasteiger charge is 2.08. The fourth-order valence-corrected chi connectivity index (χ4v) is 2.38. The number of hydrogen-bond donors (Lipinski definition) is 2. The van der Waals surface area contributed by atoms with Crippen LogP contribution in [-0.4, -0.2) is 23.6 Å². The van der Waals surface area contributed by atoms with Crippen LogP contribution < -0.4 is 10.7 Å². The molecule has 1 aromatic heterocycles. The molecular weight excluding hydrogens is 328 g/mol. The first kappa shape index (κ1) is 15.9. The maximum absolute atomic E-state index is 11.6. The van der Waals surface area contributed by atoms with E-state index in [-0.39, 0.29) is 17.5 Å². The number of thiophene rings is 1. The lowest BCUT2D eigenvalue weighted by atomic mass is 10.3. The molecule has 0 fully saturated rings. The topological polar surface area (TPSA) is 96.6 Å². The summed E-state index contributed by atoms with van der Waals surface area (Å²) in [5.41, 5.74) is 3.05. The van der Waals surface area contributed by atoms with E-state index in [0.29, 0.717) is 9.90 Å². The van der Waals surface area contributed by atoms with Crippen molar-refractivity contribution < 1.29 is 9.72 Å². The molecule has 114 valence electrons. The van der Waals surface area contributed by atoms with Crippen molar-refractivity contribution in [1.82, 2.24) is 5.43 Å². The number of nitrogens with zero attached hydrogens (tertiary/aromatic N) is 2. The number of carbonyl (C=O) groups is 1. The number of amides is 1. The molecule has 0 unspecified atom stereocenters. The van der Waals surface area contributed by atoms with Gasteiger partial charge in [-0.05, 0) is 24.3 Å². The lowest BCUT2D eigenvalue weighted by Gasteiger charge is -2.05. The Balaban J connectivity index is 1.79. The van der Waals surface area contributed by atoms with E-state index in [1.54, 1.807) is 30.3 Å². The van der Waals surface area contributed by atoms with Crippen LogP contribution in [0.2, 0.25) is 5.02 Å². The zero-order chi connectivity index (χ0) is 15.9. The van der Waals surface area contributed by atoms with Gasteiger partial charge in [0.05, 0.1) is 22.6 Å². The lowest BCUT2D eigenvalue weighted by Crippen LogP contribution is -2.25. The summed E-state index contributed by atoms with van der Waals surface area (Å²) in [6, 6.07) is 9.93. The number of nitrogens with one attached hydrogen (secondary N) is 2. The molecule has 2 aromatic rings. The second kappa shape index (κ2) is 7.53. The summed E-state index contributed by atoms with van der Waals surface area (Å²) >= 11 is 6.80. The van der Waals surface area contributed by atoms with Gasteiger partial charge in [0.1, 0.15) is 0 Å². The van der Waals surface area contributed by atoms with Gasteiger partial charge in [0, 0.05) is 16.8 Å². The number of benzene rings is 1. The van der Waals surface area contributed by atoms with Crippen LogP contribution in [0.5, 0.6) is 0 Å². The van der Waals surface area contributed by atoms with Crippen LogP contribution in [0.15, 0.2) is 41.5 Å². The number of hydrogen-bond acceptors (Lipinski definition) is 6. The lowest BCUT2D eigenvalue weighted by molar-refractivity contribution is -0.380. The molecule has 9 heteroatoms. The van der Waals surface area contributed by atoms with E-state index in [4.69, 9.17) is 11.6 Å². The second-order valence-electron chi connectivity index (χ2n) is 4.09. The van der Waals surface area contributed by atoms with Crippen molar-refractivity contribution in [2.75, 3.05) is 11.9 Å². The van der Waals surface area contributed by atoms with Gasteiger partial charge in [0.2, 0.25) is 0 Å². The average molecular weight is 339 g/mol. The standard InChI is InChI=1S/C13H11ClN4O3S/c14-9-2-1-3-10(6-9)15-8-12(19)17-16-7-11-4-5-13(22-11)18(20)21/h1-7,15H,8H2,(H,17,19). The van der Waals surface area contributed by atoms with Crippen LogP contribution in [0.1, 0.15) is 4.88 Å². The number of carbonyl (C=O) groups excluding carboxylic acids is 1. The van der Waals surface area contributed by atoms with Crippen molar-refractivity contribution in [3.05, 3.63) is 56.4 Å². The van der Waals surface area contributed by atoms with Gasteiger partial charge in [-0.3, -0.25) is 14.9 Å². The van der Waals surface area contributed by atoms with Gasteiger partial charge in [0.15, 0.2) is 0 Å². The molecule has 0 spiro atoms. The van der Waals surface area contributed by atoms with Gasteiger partial charge in [0.25, 0.3) is 5.91 Å². The minimum atomic E-state index is -0.477. The Morgan fingerprint density at radius 2 is 2.23 bits per heavy atom. The van der Waals surface area contributed by atoms with Gasteiger partial charge in [-0.15, -0.1) is 0 Å². The summed E-state index contributed by atoms with van der Waals surface area (Å²) in [5, 5.41) is 17.8. The van der Waals surface area contributed by atoms with Gasteiger partial charge in [-0.2, -0.15) is 5.10 Å². The molecule has 1 heterocycles. The van der Waals surface area contributed by atoms with Crippen molar-refractivity contribution in [3.8, 4) is 0 Å². The largest absolute Gasteiger partial charge is 0.376 e. The van der Waals surface area contributed by atoms with Crippen molar-refractivity contribution >= 4 is 45.7 Å². The number of rotatable bonds is 6. The SMILES string of the molecule is O=C(CNc1cccc(Cl)c1)NN=Cc1ccc([N+](=O)[O-])s1. The molecule has 0 bridgehead atoms. The Bertz CT molecular complexity index is 717. The first-order chi connectivity index (χ1) is 10.5. The van der Waals surface area contributed by atoms with E-state index < -0.39 is 4.92 Å². The van der Waals surface area contributed by atoms with Crippen LogP contribution in [0.4, 0.5) is 10.7 Å². The van der Waals surface area contributed by atoms with E-state index >= 15 is 0 Å². The summed E-state index contributed by atoms with van der Waals surface area (Å²) in [4.78, 5) is 22.2. The third kappa shape index (κ3) is 4.83. The molecular formula is C13H11ClN4O3S. The summed E-state index contributed by atoms with van der Waals surface area (Å²) in [6.45, 7) is 0.0300. The normalized spacial score (nSPS) is 10.6. The minimum Gasteiger partial charge on any atom is -0.376 e. The van der Waals surface area contributed by atoms with Crippen molar-refractivity contribution in [2.24, 2.45) is 5.10 Å². The molecule has 0 atom stereocenters. The molecule has 2 N–H and O–H groups in total. The van der Waals surface area contributed by atoms with Crippen molar-refractivity contribution in [3.63, 3.8) is 0 Å². The van der Waals surface area contributed by atoms with Crippen molar-refractivity contribution in [1.29, 1.82) is 0 Å². The molecule has 0 aliphatic heterocycles. The average Bonchev–Trinajstić information content (AvgIpc) is 2.94. The maximum atomic E-state index is 11.6. The van der Waals surface area contributed by atoms with Crippen LogP contribution in [0, 0.1) is 10.1 Å². The van der Waals surface area contributed by atoms with Gasteiger partial charge >= 0.3 is 5.00 Å².